The number of thiophene rings is 1. The summed E-state index contributed by atoms with van der Waals surface area (Å²) in [6.07, 6.45) is 2.83. The topological polar surface area (TPSA) is 83.7 Å². The predicted octanol–water partition coefficient (Wildman–Crippen LogP) is 4.23. The Morgan fingerprint density at radius 2 is 2.19 bits per heavy atom. The van der Waals surface area contributed by atoms with Crippen LogP contribution >= 0.6 is 22.9 Å². The number of hydrogen-bond donors (Lipinski definition) is 0. The van der Waals surface area contributed by atoms with Gasteiger partial charge in [-0.3, -0.25) is 0 Å². The van der Waals surface area contributed by atoms with E-state index in [-0.39, 0.29) is 12.5 Å². The molecule has 0 unspecified atom stereocenters. The molecule has 0 spiro atoms. The standard InChI is InChI=1S/C18H15ClN2O5S/c1-23-13-9-11(8-12(19)17(13)24-2)5-6-16(22)25-10-15-20-18(21-26-15)14-4-3-7-27-14/h3-9H,10H2,1-2H3/b6-5+. The first kappa shape index (κ1) is 18.9. The molecule has 0 aliphatic carbocycles. The van der Waals surface area contributed by atoms with Gasteiger partial charge in [-0.1, -0.05) is 22.8 Å². The lowest BCUT2D eigenvalue weighted by Gasteiger charge is -2.10. The van der Waals surface area contributed by atoms with Crippen molar-refractivity contribution in [2.75, 3.05) is 14.2 Å². The smallest absolute Gasteiger partial charge is 0.331 e. The Bertz CT molecular complexity index is 953. The number of esters is 1. The van der Waals surface area contributed by atoms with Crippen molar-refractivity contribution >= 4 is 35.0 Å². The Balaban J connectivity index is 1.60. The van der Waals surface area contributed by atoms with Crippen molar-refractivity contribution in [1.82, 2.24) is 10.1 Å². The zero-order chi connectivity index (χ0) is 19.2. The summed E-state index contributed by atoms with van der Waals surface area (Å²) in [7, 11) is 3.00. The largest absolute Gasteiger partial charge is 0.493 e. The lowest BCUT2D eigenvalue weighted by molar-refractivity contribution is -0.139. The molecule has 0 bridgehead atoms. The first-order valence-electron chi connectivity index (χ1n) is 7.73. The normalized spacial score (nSPS) is 10.9. The molecule has 0 saturated carbocycles. The van der Waals surface area contributed by atoms with Gasteiger partial charge in [0.2, 0.25) is 5.82 Å². The molecule has 3 aromatic rings. The highest BCUT2D eigenvalue weighted by Crippen LogP contribution is 2.36. The number of halogens is 1. The molecule has 3 rings (SSSR count). The van der Waals surface area contributed by atoms with Gasteiger partial charge < -0.3 is 18.7 Å². The van der Waals surface area contributed by atoms with Crippen molar-refractivity contribution in [1.29, 1.82) is 0 Å². The molecular formula is C18H15ClN2O5S. The van der Waals surface area contributed by atoms with Gasteiger partial charge in [-0.25, -0.2) is 4.79 Å². The van der Waals surface area contributed by atoms with Gasteiger partial charge >= 0.3 is 5.97 Å². The maximum atomic E-state index is 11.9. The molecule has 0 radical (unpaired) electrons. The molecule has 2 heterocycles. The van der Waals surface area contributed by atoms with E-state index < -0.39 is 5.97 Å². The molecular weight excluding hydrogens is 392 g/mol. The van der Waals surface area contributed by atoms with Gasteiger partial charge in [-0.2, -0.15) is 4.98 Å². The molecule has 27 heavy (non-hydrogen) atoms. The molecule has 0 aliphatic heterocycles. The van der Waals surface area contributed by atoms with E-state index >= 15 is 0 Å². The highest BCUT2D eigenvalue weighted by molar-refractivity contribution is 7.13. The van der Waals surface area contributed by atoms with E-state index in [9.17, 15) is 4.79 Å². The molecule has 1 aromatic carbocycles. The Morgan fingerprint density at radius 1 is 1.33 bits per heavy atom. The van der Waals surface area contributed by atoms with Gasteiger partial charge in [0.25, 0.3) is 5.89 Å². The monoisotopic (exact) mass is 406 g/mol. The maximum absolute atomic E-state index is 11.9. The van der Waals surface area contributed by atoms with E-state index in [1.807, 2.05) is 17.5 Å². The van der Waals surface area contributed by atoms with E-state index in [0.29, 0.717) is 27.9 Å². The molecule has 0 amide bonds. The minimum absolute atomic E-state index is 0.117. The number of methoxy groups -OCH3 is 2. The van der Waals surface area contributed by atoms with Crippen molar-refractivity contribution < 1.29 is 23.5 Å². The van der Waals surface area contributed by atoms with Gasteiger partial charge in [0, 0.05) is 6.08 Å². The Labute approximate surface area is 164 Å². The first-order valence-corrected chi connectivity index (χ1v) is 8.99. The third-order valence-corrected chi connectivity index (χ3v) is 4.56. The van der Waals surface area contributed by atoms with Crippen LogP contribution in [0, 0.1) is 0 Å². The minimum Gasteiger partial charge on any atom is -0.493 e. The first-order chi connectivity index (χ1) is 13.1. The van der Waals surface area contributed by atoms with E-state index in [2.05, 4.69) is 10.1 Å². The quantitative estimate of drug-likeness (QED) is 0.429. The molecule has 140 valence electrons. The Kier molecular flexibility index (Phi) is 6.10. The number of rotatable bonds is 7. The Morgan fingerprint density at radius 3 is 2.89 bits per heavy atom. The molecule has 0 N–H and O–H groups in total. The molecule has 9 heteroatoms. The molecule has 2 aromatic heterocycles. The molecule has 0 atom stereocenters. The van der Waals surface area contributed by atoms with E-state index in [4.69, 9.17) is 30.3 Å². The van der Waals surface area contributed by atoms with Gasteiger partial charge in [0.05, 0.1) is 24.1 Å². The van der Waals surface area contributed by atoms with Crippen molar-refractivity contribution in [3.63, 3.8) is 0 Å². The van der Waals surface area contributed by atoms with Crippen LogP contribution in [0.15, 0.2) is 40.2 Å². The van der Waals surface area contributed by atoms with Crippen molar-refractivity contribution in [3.8, 4) is 22.2 Å². The second kappa shape index (κ2) is 8.70. The lowest BCUT2D eigenvalue weighted by Crippen LogP contribution is -2.01. The number of aromatic nitrogens is 2. The van der Waals surface area contributed by atoms with E-state index in [0.717, 1.165) is 4.88 Å². The van der Waals surface area contributed by atoms with Gasteiger partial charge in [0.1, 0.15) is 0 Å². The Hall–Kier alpha value is -2.84. The maximum Gasteiger partial charge on any atom is 0.331 e. The summed E-state index contributed by atoms with van der Waals surface area (Å²) < 4.78 is 20.6. The third-order valence-electron chi connectivity index (χ3n) is 3.42. The van der Waals surface area contributed by atoms with Crippen LogP contribution < -0.4 is 9.47 Å². The summed E-state index contributed by atoms with van der Waals surface area (Å²) in [6.45, 7) is -0.117. The van der Waals surface area contributed by atoms with E-state index in [1.165, 1.54) is 31.6 Å². The fourth-order valence-electron chi connectivity index (χ4n) is 2.20. The summed E-state index contributed by atoms with van der Waals surface area (Å²) in [6, 6.07) is 7.11. The van der Waals surface area contributed by atoms with Crippen LogP contribution in [-0.2, 0) is 16.1 Å². The van der Waals surface area contributed by atoms with Crippen LogP contribution in [0.4, 0.5) is 0 Å². The molecule has 7 nitrogen and oxygen atoms in total. The van der Waals surface area contributed by atoms with Crippen LogP contribution in [0.25, 0.3) is 16.8 Å². The number of carbonyl (C=O) groups excluding carboxylic acids is 1. The average molecular weight is 407 g/mol. The lowest BCUT2D eigenvalue weighted by atomic mass is 10.2. The summed E-state index contributed by atoms with van der Waals surface area (Å²) in [5.74, 6) is 1.01. The number of benzene rings is 1. The van der Waals surface area contributed by atoms with Crippen LogP contribution in [0.2, 0.25) is 5.02 Å². The number of ether oxygens (including phenoxy) is 3. The molecule has 0 aliphatic rings. The molecule has 0 fully saturated rings. The second-order valence-electron chi connectivity index (χ2n) is 5.17. The molecule has 0 saturated heterocycles. The minimum atomic E-state index is -0.559. The third kappa shape index (κ3) is 4.66. The van der Waals surface area contributed by atoms with Crippen LogP contribution in [0.3, 0.4) is 0 Å². The van der Waals surface area contributed by atoms with Gasteiger partial charge in [-0.15, -0.1) is 11.3 Å². The van der Waals surface area contributed by atoms with Gasteiger partial charge in [0.15, 0.2) is 18.1 Å². The summed E-state index contributed by atoms with van der Waals surface area (Å²) >= 11 is 7.63. The van der Waals surface area contributed by atoms with Crippen LogP contribution in [-0.4, -0.2) is 30.3 Å². The fraction of sp³-hybridized carbons (Fsp3) is 0.167. The highest BCUT2D eigenvalue weighted by Gasteiger charge is 2.12. The van der Waals surface area contributed by atoms with Crippen molar-refractivity contribution in [2.24, 2.45) is 0 Å². The summed E-state index contributed by atoms with van der Waals surface area (Å²) in [5, 5.41) is 6.14. The second-order valence-corrected chi connectivity index (χ2v) is 6.52. The summed E-state index contributed by atoms with van der Waals surface area (Å²) in [4.78, 5) is 17.0. The van der Waals surface area contributed by atoms with Crippen LogP contribution in [0.5, 0.6) is 11.5 Å². The van der Waals surface area contributed by atoms with Gasteiger partial charge in [-0.05, 0) is 35.2 Å². The van der Waals surface area contributed by atoms with Crippen molar-refractivity contribution in [2.45, 2.75) is 6.61 Å². The predicted molar refractivity (Wildman–Crippen MR) is 101 cm³/mol. The highest BCUT2D eigenvalue weighted by atomic mass is 35.5. The number of carbonyl (C=O) groups is 1. The van der Waals surface area contributed by atoms with Crippen molar-refractivity contribution in [3.05, 3.63) is 52.2 Å². The zero-order valence-electron chi connectivity index (χ0n) is 14.5. The fourth-order valence-corrected chi connectivity index (χ4v) is 3.14. The zero-order valence-corrected chi connectivity index (χ0v) is 16.0. The SMILES string of the molecule is COc1cc(/C=C/C(=O)OCc2nc(-c3cccs3)no2)cc(Cl)c1OC. The number of nitrogens with zero attached hydrogens (tertiary/aromatic N) is 2. The van der Waals surface area contributed by atoms with E-state index in [1.54, 1.807) is 18.2 Å². The number of hydrogen-bond acceptors (Lipinski definition) is 8. The summed E-state index contributed by atoms with van der Waals surface area (Å²) in [5.41, 5.74) is 0.660. The average Bonchev–Trinajstić information content (AvgIpc) is 3.35. The van der Waals surface area contributed by atoms with Crippen LogP contribution in [0.1, 0.15) is 11.5 Å².